The molecule has 0 aromatic carbocycles. The molecule has 0 bridgehead atoms. The van der Waals surface area contributed by atoms with E-state index in [2.05, 4.69) is 18.4 Å². The van der Waals surface area contributed by atoms with Gasteiger partial charge in [-0.1, -0.05) is 58.3 Å². The first kappa shape index (κ1) is 19.1. The van der Waals surface area contributed by atoms with Crippen LogP contribution < -0.4 is 11.5 Å². The molecule has 0 aliphatic rings. The summed E-state index contributed by atoms with van der Waals surface area (Å²) in [6.45, 7) is 2.23. The van der Waals surface area contributed by atoms with E-state index in [0.29, 0.717) is 6.42 Å². The quantitative estimate of drug-likeness (QED) is 0.274. The molecule has 0 saturated carbocycles. The monoisotopic (exact) mass is 259 g/mol. The molecule has 18 heavy (non-hydrogen) atoms. The zero-order chi connectivity index (χ0) is 14.2. The minimum Gasteiger partial charge on any atom is -0.481 e. The lowest BCUT2D eigenvalue weighted by atomic mass is 10.1. The summed E-state index contributed by atoms with van der Waals surface area (Å²) >= 11 is 0. The Bertz CT molecular complexity index is 204. The Balaban J connectivity index is 0. The number of guanidine groups is 1. The van der Waals surface area contributed by atoms with Crippen molar-refractivity contribution in [2.45, 2.75) is 71.1 Å². The second-order valence-corrected chi connectivity index (χ2v) is 4.43. The van der Waals surface area contributed by atoms with E-state index in [9.17, 15) is 4.79 Å². The van der Waals surface area contributed by atoms with Gasteiger partial charge in [-0.3, -0.25) is 10.2 Å². The summed E-state index contributed by atoms with van der Waals surface area (Å²) in [6.07, 6.45) is 11.5. The van der Waals surface area contributed by atoms with E-state index in [0.717, 1.165) is 12.8 Å². The normalized spacial score (nSPS) is 9.39. The maximum atomic E-state index is 10.2. The zero-order valence-electron chi connectivity index (χ0n) is 11.6. The fraction of sp³-hybridized carbons (Fsp3) is 0.846. The third-order valence-corrected chi connectivity index (χ3v) is 2.49. The van der Waals surface area contributed by atoms with Crippen LogP contribution in [0.5, 0.6) is 0 Å². The summed E-state index contributed by atoms with van der Waals surface area (Å²) in [4.78, 5) is 10.2. The third kappa shape index (κ3) is 29.3. The average molecular weight is 259 g/mol. The Hall–Kier alpha value is -1.26. The summed E-state index contributed by atoms with van der Waals surface area (Å²) in [6, 6.07) is 0. The fourth-order valence-corrected chi connectivity index (χ4v) is 1.59. The van der Waals surface area contributed by atoms with Crippen LogP contribution in [-0.2, 0) is 4.79 Å². The molecule has 0 fully saturated rings. The first-order valence-corrected chi connectivity index (χ1v) is 6.82. The van der Waals surface area contributed by atoms with E-state index < -0.39 is 5.97 Å². The van der Waals surface area contributed by atoms with Crippen molar-refractivity contribution in [3.8, 4) is 0 Å². The second kappa shape index (κ2) is 15.7. The number of nitrogens with one attached hydrogen (secondary N) is 1. The molecule has 5 heteroatoms. The van der Waals surface area contributed by atoms with Crippen molar-refractivity contribution < 1.29 is 9.90 Å². The molecular formula is C13H29N3O2. The molecule has 0 aromatic heterocycles. The molecule has 0 aliphatic heterocycles. The lowest BCUT2D eigenvalue weighted by molar-refractivity contribution is -0.137. The number of carbonyl (C=O) groups is 1. The molecule has 0 heterocycles. The van der Waals surface area contributed by atoms with Crippen molar-refractivity contribution in [3.63, 3.8) is 0 Å². The molecule has 0 saturated heterocycles. The highest BCUT2D eigenvalue weighted by atomic mass is 16.4. The fourth-order valence-electron chi connectivity index (χ4n) is 1.59. The number of hydrogen-bond donors (Lipinski definition) is 4. The first-order chi connectivity index (χ1) is 8.50. The number of carboxylic acid groups (broad SMARTS) is 1. The van der Waals surface area contributed by atoms with Crippen molar-refractivity contribution in [3.05, 3.63) is 0 Å². The van der Waals surface area contributed by atoms with Crippen molar-refractivity contribution in [2.75, 3.05) is 0 Å². The Morgan fingerprint density at radius 2 is 1.28 bits per heavy atom. The SMILES string of the molecule is CCCCCCCCCCCC(=O)O.N=C(N)N. The van der Waals surface area contributed by atoms with Gasteiger partial charge in [-0.2, -0.15) is 0 Å². The number of unbranched alkanes of at least 4 members (excludes halogenated alkanes) is 8. The van der Waals surface area contributed by atoms with Gasteiger partial charge in [0.1, 0.15) is 0 Å². The van der Waals surface area contributed by atoms with Gasteiger partial charge < -0.3 is 16.6 Å². The Kier molecular flexibility index (Phi) is 16.7. The Morgan fingerprint density at radius 3 is 1.61 bits per heavy atom. The Morgan fingerprint density at radius 1 is 0.944 bits per heavy atom. The van der Waals surface area contributed by atoms with E-state index in [4.69, 9.17) is 10.5 Å². The molecule has 0 radical (unpaired) electrons. The topological polar surface area (TPSA) is 113 Å². The van der Waals surface area contributed by atoms with Gasteiger partial charge in [0.15, 0.2) is 5.96 Å². The molecule has 0 aliphatic carbocycles. The van der Waals surface area contributed by atoms with Gasteiger partial charge in [0.25, 0.3) is 0 Å². The lowest BCUT2D eigenvalue weighted by Gasteiger charge is -2.00. The van der Waals surface area contributed by atoms with Gasteiger partial charge in [-0.25, -0.2) is 0 Å². The van der Waals surface area contributed by atoms with Gasteiger partial charge in [-0.05, 0) is 6.42 Å². The molecule has 6 N–H and O–H groups in total. The highest BCUT2D eigenvalue weighted by Crippen LogP contribution is 2.10. The number of nitrogens with two attached hydrogens (primary N) is 2. The standard InChI is InChI=1S/C12H24O2.CH5N3/c1-2-3-4-5-6-7-8-9-10-11-12(13)14;2-1(3)4/h2-11H2,1H3,(H,13,14);(H5,2,3,4). The van der Waals surface area contributed by atoms with Gasteiger partial charge in [0.2, 0.25) is 0 Å². The van der Waals surface area contributed by atoms with E-state index in [-0.39, 0.29) is 5.96 Å². The molecular weight excluding hydrogens is 230 g/mol. The number of aliphatic carboxylic acids is 1. The van der Waals surface area contributed by atoms with Gasteiger partial charge in [0.05, 0.1) is 0 Å². The lowest BCUT2D eigenvalue weighted by Crippen LogP contribution is -2.20. The number of hydrogen-bond acceptors (Lipinski definition) is 2. The van der Waals surface area contributed by atoms with Crippen LogP contribution >= 0.6 is 0 Å². The average Bonchev–Trinajstić information content (AvgIpc) is 2.26. The van der Waals surface area contributed by atoms with Crippen molar-refractivity contribution in [2.24, 2.45) is 11.5 Å². The summed E-state index contributed by atoms with van der Waals surface area (Å²) < 4.78 is 0. The number of rotatable bonds is 10. The van der Waals surface area contributed by atoms with E-state index in [1.54, 1.807) is 0 Å². The Labute approximate surface area is 110 Å². The molecule has 0 spiro atoms. The van der Waals surface area contributed by atoms with Gasteiger partial charge in [-0.15, -0.1) is 0 Å². The van der Waals surface area contributed by atoms with E-state index >= 15 is 0 Å². The largest absolute Gasteiger partial charge is 0.481 e. The molecule has 0 atom stereocenters. The summed E-state index contributed by atoms with van der Waals surface area (Å²) in [7, 11) is 0. The second-order valence-electron chi connectivity index (χ2n) is 4.43. The maximum absolute atomic E-state index is 10.2. The van der Waals surface area contributed by atoms with Crippen LogP contribution in [0.15, 0.2) is 0 Å². The summed E-state index contributed by atoms with van der Waals surface area (Å²) in [5.41, 5.74) is 8.94. The first-order valence-electron chi connectivity index (χ1n) is 6.82. The van der Waals surface area contributed by atoms with Gasteiger partial charge in [0, 0.05) is 6.42 Å². The molecule has 108 valence electrons. The van der Waals surface area contributed by atoms with Crippen LogP contribution in [0.4, 0.5) is 0 Å². The van der Waals surface area contributed by atoms with Crippen LogP contribution in [0.1, 0.15) is 71.1 Å². The molecule has 0 rings (SSSR count). The van der Waals surface area contributed by atoms with E-state index in [1.165, 1.54) is 44.9 Å². The summed E-state index contributed by atoms with van der Waals surface area (Å²) in [5, 5.41) is 14.5. The maximum Gasteiger partial charge on any atom is 0.303 e. The predicted octanol–water partition coefficient (Wildman–Crippen LogP) is 2.83. The van der Waals surface area contributed by atoms with E-state index in [1.807, 2.05) is 0 Å². The smallest absolute Gasteiger partial charge is 0.303 e. The molecule has 0 aromatic rings. The molecule has 0 unspecified atom stereocenters. The predicted molar refractivity (Wildman–Crippen MR) is 75.6 cm³/mol. The van der Waals surface area contributed by atoms with Crippen LogP contribution in [-0.4, -0.2) is 17.0 Å². The zero-order valence-corrected chi connectivity index (χ0v) is 11.6. The highest BCUT2D eigenvalue weighted by Gasteiger charge is 1.96. The van der Waals surface area contributed by atoms with Crippen LogP contribution in [0.2, 0.25) is 0 Å². The number of carboxylic acids is 1. The highest BCUT2D eigenvalue weighted by molar-refractivity contribution is 5.71. The van der Waals surface area contributed by atoms with Gasteiger partial charge >= 0.3 is 5.97 Å². The van der Waals surface area contributed by atoms with Crippen molar-refractivity contribution >= 4 is 11.9 Å². The third-order valence-electron chi connectivity index (χ3n) is 2.49. The molecule has 0 amide bonds. The van der Waals surface area contributed by atoms with Crippen LogP contribution in [0.25, 0.3) is 0 Å². The van der Waals surface area contributed by atoms with Crippen LogP contribution in [0.3, 0.4) is 0 Å². The summed E-state index contributed by atoms with van der Waals surface area (Å²) in [5.74, 6) is -0.993. The van der Waals surface area contributed by atoms with Crippen LogP contribution in [0, 0.1) is 5.41 Å². The van der Waals surface area contributed by atoms with Crippen molar-refractivity contribution in [1.82, 2.24) is 0 Å². The molecule has 5 nitrogen and oxygen atoms in total. The van der Waals surface area contributed by atoms with Crippen molar-refractivity contribution in [1.29, 1.82) is 5.41 Å². The minimum atomic E-state index is -0.659. The minimum absolute atomic E-state index is 0.333.